The van der Waals surface area contributed by atoms with Gasteiger partial charge in [0.05, 0.1) is 5.69 Å². The lowest BCUT2D eigenvalue weighted by Crippen LogP contribution is -2.38. The summed E-state index contributed by atoms with van der Waals surface area (Å²) in [5.41, 5.74) is 2.14. The molecule has 0 radical (unpaired) electrons. The molecule has 0 aromatic heterocycles. The number of para-hydroxylation sites is 2. The lowest BCUT2D eigenvalue weighted by molar-refractivity contribution is 0.252. The van der Waals surface area contributed by atoms with Gasteiger partial charge in [0.15, 0.2) is 0 Å². The molecule has 0 saturated carbocycles. The predicted molar refractivity (Wildman–Crippen MR) is 122 cm³/mol. The van der Waals surface area contributed by atoms with Crippen molar-refractivity contribution in [3.8, 4) is 0 Å². The Balaban J connectivity index is 1.59. The fourth-order valence-corrected chi connectivity index (χ4v) is 3.03. The third-order valence-corrected chi connectivity index (χ3v) is 4.74. The van der Waals surface area contributed by atoms with Crippen LogP contribution in [-0.4, -0.2) is 25.2 Å². The fourth-order valence-electron chi connectivity index (χ4n) is 3.03. The van der Waals surface area contributed by atoms with Crippen molar-refractivity contribution in [1.29, 1.82) is 0 Å². The van der Waals surface area contributed by atoms with Gasteiger partial charge in [0.1, 0.15) is 11.6 Å². The maximum atomic E-state index is 13.9. The summed E-state index contributed by atoms with van der Waals surface area (Å²) in [4.78, 5) is 26.3. The summed E-state index contributed by atoms with van der Waals surface area (Å²) in [7, 11) is 0. The van der Waals surface area contributed by atoms with Crippen molar-refractivity contribution in [2.24, 2.45) is 0 Å². The largest absolute Gasteiger partial charge is 0.338 e. The van der Waals surface area contributed by atoms with Crippen LogP contribution in [0.25, 0.3) is 0 Å². The summed E-state index contributed by atoms with van der Waals surface area (Å²) in [6.45, 7) is 2.41. The molecule has 166 valence electrons. The predicted octanol–water partition coefficient (Wildman–Crippen LogP) is 5.52. The second-order valence-electron chi connectivity index (χ2n) is 7.09. The zero-order chi connectivity index (χ0) is 22.9. The van der Waals surface area contributed by atoms with E-state index in [1.807, 2.05) is 25.1 Å². The van der Waals surface area contributed by atoms with Crippen LogP contribution < -0.4 is 20.9 Å². The van der Waals surface area contributed by atoms with Crippen molar-refractivity contribution in [1.82, 2.24) is 5.32 Å². The van der Waals surface area contributed by atoms with Gasteiger partial charge in [0.2, 0.25) is 0 Å². The van der Waals surface area contributed by atoms with E-state index in [9.17, 15) is 18.4 Å². The Kier molecular flexibility index (Phi) is 7.75. The number of hydrogen-bond acceptors (Lipinski definition) is 2. The van der Waals surface area contributed by atoms with Crippen LogP contribution in [0.2, 0.25) is 0 Å². The summed E-state index contributed by atoms with van der Waals surface area (Å²) in [6, 6.07) is 17.7. The molecule has 6 nitrogen and oxygen atoms in total. The second kappa shape index (κ2) is 10.9. The Morgan fingerprint density at radius 3 is 2.19 bits per heavy atom. The van der Waals surface area contributed by atoms with Crippen LogP contribution in [0.1, 0.15) is 12.0 Å². The number of aryl methyl sites for hydroxylation is 1. The van der Waals surface area contributed by atoms with Crippen molar-refractivity contribution >= 4 is 29.1 Å². The van der Waals surface area contributed by atoms with Gasteiger partial charge in [-0.1, -0.05) is 30.3 Å². The zero-order valence-corrected chi connectivity index (χ0v) is 17.6. The number of urea groups is 2. The molecule has 0 unspecified atom stereocenters. The van der Waals surface area contributed by atoms with Gasteiger partial charge >= 0.3 is 12.1 Å². The number of nitrogens with one attached hydrogen (secondary N) is 3. The number of carbonyl (C=O) groups excluding carboxylic acids is 2. The number of hydrogen-bond donors (Lipinski definition) is 3. The number of halogens is 2. The fraction of sp³-hybridized carbons (Fsp3) is 0.167. The van der Waals surface area contributed by atoms with E-state index in [1.165, 1.54) is 47.4 Å². The van der Waals surface area contributed by atoms with Crippen molar-refractivity contribution in [3.63, 3.8) is 0 Å². The minimum Gasteiger partial charge on any atom is -0.338 e. The highest BCUT2D eigenvalue weighted by atomic mass is 19.1. The molecule has 3 rings (SSSR count). The summed E-state index contributed by atoms with van der Waals surface area (Å²) < 4.78 is 27.3. The molecule has 0 saturated heterocycles. The van der Waals surface area contributed by atoms with E-state index >= 15 is 0 Å². The first-order valence-corrected chi connectivity index (χ1v) is 10.1. The number of nitrogens with zero attached hydrogens (tertiary/aromatic N) is 1. The Labute approximate surface area is 185 Å². The molecule has 0 atom stereocenters. The third kappa shape index (κ3) is 6.28. The van der Waals surface area contributed by atoms with E-state index < -0.39 is 17.7 Å². The summed E-state index contributed by atoms with van der Waals surface area (Å²) in [5.74, 6) is -0.993. The highest BCUT2D eigenvalue weighted by Gasteiger charge is 2.17. The molecule has 3 aromatic carbocycles. The van der Waals surface area contributed by atoms with Gasteiger partial charge in [-0.3, -0.25) is 4.90 Å². The van der Waals surface area contributed by atoms with Crippen molar-refractivity contribution in [2.75, 3.05) is 28.6 Å². The van der Waals surface area contributed by atoms with Crippen LogP contribution in [0, 0.1) is 18.6 Å². The van der Waals surface area contributed by atoms with Gasteiger partial charge in [-0.2, -0.15) is 0 Å². The first kappa shape index (κ1) is 22.7. The maximum absolute atomic E-state index is 13.9. The minimum atomic E-state index is -0.564. The molecule has 0 bridgehead atoms. The van der Waals surface area contributed by atoms with E-state index in [-0.39, 0.29) is 18.3 Å². The first-order chi connectivity index (χ1) is 15.4. The first-order valence-electron chi connectivity index (χ1n) is 10.1. The molecule has 0 fully saturated rings. The van der Waals surface area contributed by atoms with Crippen molar-refractivity contribution < 1.29 is 18.4 Å². The monoisotopic (exact) mass is 438 g/mol. The van der Waals surface area contributed by atoms with Crippen LogP contribution in [0.5, 0.6) is 0 Å². The molecular weight excluding hydrogens is 414 g/mol. The van der Waals surface area contributed by atoms with E-state index in [0.717, 1.165) is 5.56 Å². The van der Waals surface area contributed by atoms with E-state index in [0.29, 0.717) is 24.3 Å². The molecule has 8 heteroatoms. The average Bonchev–Trinajstić information content (AvgIpc) is 2.78. The molecule has 3 aromatic rings. The Morgan fingerprint density at radius 2 is 1.50 bits per heavy atom. The summed E-state index contributed by atoms with van der Waals surface area (Å²) in [5, 5.41) is 8.05. The molecule has 32 heavy (non-hydrogen) atoms. The van der Waals surface area contributed by atoms with Gasteiger partial charge < -0.3 is 16.0 Å². The van der Waals surface area contributed by atoms with E-state index in [4.69, 9.17) is 0 Å². The molecule has 0 spiro atoms. The second-order valence-corrected chi connectivity index (χ2v) is 7.09. The molecular formula is C24H24F2N4O2. The number of anilines is 3. The number of carbonyl (C=O) groups is 2. The number of benzene rings is 3. The van der Waals surface area contributed by atoms with Crippen LogP contribution in [0.3, 0.4) is 0 Å². The molecule has 0 aliphatic rings. The van der Waals surface area contributed by atoms with Gasteiger partial charge in [0, 0.05) is 24.5 Å². The van der Waals surface area contributed by atoms with Crippen LogP contribution in [-0.2, 0) is 0 Å². The zero-order valence-electron chi connectivity index (χ0n) is 17.6. The topological polar surface area (TPSA) is 73.5 Å². The van der Waals surface area contributed by atoms with Gasteiger partial charge in [-0.05, 0) is 61.4 Å². The standard InChI is InChI=1S/C24H24F2N4O2/c1-17-7-2-4-9-21(17)28-23(31)27-15-6-16-30(19-13-11-18(25)12-14-19)24(32)29-22-10-5-3-8-20(22)26/h2-5,7-14H,6,15-16H2,1H3,(H,29,32)(H2,27,28,31). The van der Waals surface area contributed by atoms with Gasteiger partial charge in [-0.15, -0.1) is 0 Å². The normalized spacial score (nSPS) is 10.3. The minimum absolute atomic E-state index is 0.0420. The third-order valence-electron chi connectivity index (χ3n) is 4.74. The smallest absolute Gasteiger partial charge is 0.326 e. The van der Waals surface area contributed by atoms with E-state index in [1.54, 1.807) is 12.1 Å². The lowest BCUT2D eigenvalue weighted by Gasteiger charge is -2.23. The molecule has 0 aliphatic heterocycles. The summed E-state index contributed by atoms with van der Waals surface area (Å²) >= 11 is 0. The SMILES string of the molecule is Cc1ccccc1NC(=O)NCCCN(C(=O)Nc1ccccc1F)c1ccc(F)cc1. The number of amides is 4. The highest BCUT2D eigenvalue weighted by Crippen LogP contribution is 2.19. The van der Waals surface area contributed by atoms with Crippen LogP contribution >= 0.6 is 0 Å². The van der Waals surface area contributed by atoms with Crippen LogP contribution in [0.4, 0.5) is 35.4 Å². The maximum Gasteiger partial charge on any atom is 0.326 e. The van der Waals surface area contributed by atoms with Crippen LogP contribution in [0.15, 0.2) is 72.8 Å². The summed E-state index contributed by atoms with van der Waals surface area (Å²) in [6.07, 6.45) is 0.420. The molecule has 0 heterocycles. The molecule has 3 N–H and O–H groups in total. The van der Waals surface area contributed by atoms with Crippen molar-refractivity contribution in [2.45, 2.75) is 13.3 Å². The lowest BCUT2D eigenvalue weighted by atomic mass is 10.2. The van der Waals surface area contributed by atoms with Crippen molar-refractivity contribution in [3.05, 3.63) is 90.0 Å². The Hall–Kier alpha value is -3.94. The van der Waals surface area contributed by atoms with Gasteiger partial charge in [0.25, 0.3) is 0 Å². The molecule has 4 amide bonds. The molecule has 0 aliphatic carbocycles. The van der Waals surface area contributed by atoms with E-state index in [2.05, 4.69) is 16.0 Å². The quantitative estimate of drug-likeness (QED) is 0.425. The Morgan fingerprint density at radius 1 is 0.844 bits per heavy atom. The Bertz CT molecular complexity index is 1070. The average molecular weight is 438 g/mol. The number of rotatable bonds is 7. The highest BCUT2D eigenvalue weighted by molar-refractivity contribution is 6.01. The van der Waals surface area contributed by atoms with Gasteiger partial charge in [-0.25, -0.2) is 18.4 Å².